The fourth-order valence-corrected chi connectivity index (χ4v) is 3.75. The van der Waals surface area contributed by atoms with E-state index in [4.69, 9.17) is 9.26 Å². The zero-order chi connectivity index (χ0) is 20.4. The molecule has 1 aliphatic heterocycles. The van der Waals surface area contributed by atoms with Gasteiger partial charge in [0.1, 0.15) is 11.3 Å². The molecule has 0 spiro atoms. The Morgan fingerprint density at radius 1 is 1.17 bits per heavy atom. The van der Waals surface area contributed by atoms with Crippen LogP contribution in [-0.2, 0) is 32.4 Å². The predicted octanol–water partition coefficient (Wildman–Crippen LogP) is 2.21. The van der Waals surface area contributed by atoms with Gasteiger partial charge in [-0.2, -0.15) is 4.98 Å². The zero-order valence-electron chi connectivity index (χ0n) is 16.7. The first-order chi connectivity index (χ1) is 14.1. The molecule has 0 N–H and O–H groups in total. The van der Waals surface area contributed by atoms with Crippen LogP contribution in [0, 0.1) is 0 Å². The summed E-state index contributed by atoms with van der Waals surface area (Å²) in [5, 5.41) is 4.01. The van der Waals surface area contributed by atoms with Crippen LogP contribution in [0.3, 0.4) is 0 Å². The monoisotopic (exact) mass is 396 g/mol. The standard InChI is InChI=1S/C21H24N4O4/c1-3-17-22-19(23-29-17)18-16-6-4-5-12-24(16)21(27)25(20(18)26)13-11-14-7-9-15(28-2)10-8-14/h7-10H,3-6,11-13H2,1-2H3. The number of ether oxygens (including phenoxy) is 1. The largest absolute Gasteiger partial charge is 0.497 e. The molecule has 0 atom stereocenters. The molecule has 0 unspecified atom stereocenters. The summed E-state index contributed by atoms with van der Waals surface area (Å²) in [5.41, 5.74) is 1.52. The van der Waals surface area contributed by atoms with Gasteiger partial charge in [-0.05, 0) is 43.4 Å². The minimum absolute atomic E-state index is 0.263. The van der Waals surface area contributed by atoms with Gasteiger partial charge in [0.05, 0.1) is 7.11 Å². The number of rotatable bonds is 6. The maximum absolute atomic E-state index is 13.3. The molecule has 2 aromatic heterocycles. The number of hydrogen-bond acceptors (Lipinski definition) is 6. The Kier molecular flexibility index (Phi) is 5.33. The molecule has 29 heavy (non-hydrogen) atoms. The quantitative estimate of drug-likeness (QED) is 0.634. The van der Waals surface area contributed by atoms with Gasteiger partial charge < -0.3 is 9.26 Å². The van der Waals surface area contributed by atoms with Gasteiger partial charge in [0.2, 0.25) is 11.7 Å². The van der Waals surface area contributed by atoms with Crippen LogP contribution in [0.1, 0.15) is 36.9 Å². The number of nitrogens with zero attached hydrogens (tertiary/aromatic N) is 4. The lowest BCUT2D eigenvalue weighted by Gasteiger charge is -2.21. The number of aromatic nitrogens is 4. The maximum atomic E-state index is 13.3. The fourth-order valence-electron chi connectivity index (χ4n) is 3.75. The van der Waals surface area contributed by atoms with E-state index in [0.717, 1.165) is 29.8 Å². The normalized spacial score (nSPS) is 13.3. The lowest BCUT2D eigenvalue weighted by atomic mass is 10.0. The summed E-state index contributed by atoms with van der Waals surface area (Å²) < 4.78 is 13.4. The van der Waals surface area contributed by atoms with E-state index >= 15 is 0 Å². The molecule has 152 valence electrons. The molecule has 8 nitrogen and oxygen atoms in total. The number of methoxy groups -OCH3 is 1. The van der Waals surface area contributed by atoms with Crippen molar-refractivity contribution in [1.29, 1.82) is 0 Å². The van der Waals surface area contributed by atoms with Crippen molar-refractivity contribution < 1.29 is 9.26 Å². The third kappa shape index (κ3) is 3.62. The molecule has 0 bridgehead atoms. The van der Waals surface area contributed by atoms with E-state index in [1.807, 2.05) is 31.2 Å². The SMILES string of the molecule is CCc1nc(-c2c3n(c(=O)n(CCc4ccc(OC)cc4)c2=O)CCCC3)no1. The Balaban J connectivity index is 1.76. The Bertz CT molecular complexity index is 1130. The average Bonchev–Trinajstić information content (AvgIpc) is 3.23. The Labute approximate surface area is 167 Å². The number of aryl methyl sites for hydroxylation is 2. The highest BCUT2D eigenvalue weighted by atomic mass is 16.5. The Hall–Kier alpha value is -3.16. The third-order valence-corrected chi connectivity index (χ3v) is 5.36. The highest BCUT2D eigenvalue weighted by Gasteiger charge is 2.25. The lowest BCUT2D eigenvalue weighted by molar-refractivity contribution is 0.382. The smallest absolute Gasteiger partial charge is 0.331 e. The molecule has 8 heteroatoms. The summed E-state index contributed by atoms with van der Waals surface area (Å²) in [6.45, 7) is 2.80. The van der Waals surface area contributed by atoms with Crippen molar-refractivity contribution >= 4 is 0 Å². The Morgan fingerprint density at radius 2 is 1.97 bits per heavy atom. The van der Waals surface area contributed by atoms with Crippen LogP contribution in [0.2, 0.25) is 0 Å². The highest BCUT2D eigenvalue weighted by molar-refractivity contribution is 5.56. The summed E-state index contributed by atoms with van der Waals surface area (Å²) in [4.78, 5) is 30.7. The van der Waals surface area contributed by atoms with E-state index in [9.17, 15) is 9.59 Å². The van der Waals surface area contributed by atoms with E-state index in [0.29, 0.717) is 37.3 Å². The summed E-state index contributed by atoms with van der Waals surface area (Å²) in [6, 6.07) is 7.62. The van der Waals surface area contributed by atoms with Crippen molar-refractivity contribution in [3.63, 3.8) is 0 Å². The summed E-state index contributed by atoms with van der Waals surface area (Å²) in [5.74, 6) is 1.52. The molecule has 0 aliphatic carbocycles. The summed E-state index contributed by atoms with van der Waals surface area (Å²) in [7, 11) is 1.62. The van der Waals surface area contributed by atoms with E-state index < -0.39 is 0 Å². The number of benzene rings is 1. The molecule has 0 fully saturated rings. The van der Waals surface area contributed by atoms with Crippen molar-refractivity contribution in [3.05, 3.63) is 62.3 Å². The molecule has 3 heterocycles. The van der Waals surface area contributed by atoms with Crippen LogP contribution < -0.4 is 16.0 Å². The van der Waals surface area contributed by atoms with E-state index in [1.165, 1.54) is 4.57 Å². The number of fused-ring (bicyclic) bond motifs is 1. The lowest BCUT2D eigenvalue weighted by Crippen LogP contribution is -2.44. The van der Waals surface area contributed by atoms with E-state index in [1.54, 1.807) is 11.7 Å². The molecule has 1 aromatic carbocycles. The van der Waals surface area contributed by atoms with E-state index in [2.05, 4.69) is 10.1 Å². The van der Waals surface area contributed by atoms with Crippen LogP contribution in [0.25, 0.3) is 11.4 Å². The molecule has 0 radical (unpaired) electrons. The second-order valence-corrected chi connectivity index (χ2v) is 7.13. The highest BCUT2D eigenvalue weighted by Crippen LogP contribution is 2.22. The second-order valence-electron chi connectivity index (χ2n) is 7.13. The van der Waals surface area contributed by atoms with Gasteiger partial charge in [-0.25, -0.2) is 4.79 Å². The molecule has 0 amide bonds. The first-order valence-corrected chi connectivity index (χ1v) is 9.94. The van der Waals surface area contributed by atoms with Crippen molar-refractivity contribution in [2.75, 3.05) is 7.11 Å². The zero-order valence-corrected chi connectivity index (χ0v) is 16.7. The molecule has 1 aliphatic rings. The molecular weight excluding hydrogens is 372 g/mol. The van der Waals surface area contributed by atoms with Crippen LogP contribution in [0.4, 0.5) is 0 Å². The molecule has 3 aromatic rings. The van der Waals surface area contributed by atoms with Gasteiger partial charge >= 0.3 is 5.69 Å². The fraction of sp³-hybridized carbons (Fsp3) is 0.429. The van der Waals surface area contributed by atoms with Gasteiger partial charge in [-0.3, -0.25) is 13.9 Å². The van der Waals surface area contributed by atoms with Crippen LogP contribution in [-0.4, -0.2) is 26.4 Å². The van der Waals surface area contributed by atoms with Crippen molar-refractivity contribution in [2.45, 2.75) is 52.1 Å². The van der Waals surface area contributed by atoms with Crippen LogP contribution >= 0.6 is 0 Å². The third-order valence-electron chi connectivity index (χ3n) is 5.36. The minimum atomic E-state index is -0.347. The molecule has 4 rings (SSSR count). The first-order valence-electron chi connectivity index (χ1n) is 9.94. The summed E-state index contributed by atoms with van der Waals surface area (Å²) >= 11 is 0. The average molecular weight is 396 g/mol. The van der Waals surface area contributed by atoms with Gasteiger partial charge in [0, 0.05) is 25.2 Å². The first kappa shape index (κ1) is 19.2. The van der Waals surface area contributed by atoms with Gasteiger partial charge in [-0.15, -0.1) is 0 Å². The Morgan fingerprint density at radius 3 is 2.66 bits per heavy atom. The summed E-state index contributed by atoms with van der Waals surface area (Å²) in [6.07, 6.45) is 3.66. The predicted molar refractivity (Wildman–Crippen MR) is 107 cm³/mol. The van der Waals surface area contributed by atoms with Gasteiger partial charge in [0.15, 0.2) is 0 Å². The van der Waals surface area contributed by atoms with Crippen molar-refractivity contribution in [3.8, 4) is 17.1 Å². The van der Waals surface area contributed by atoms with Gasteiger partial charge in [-0.1, -0.05) is 24.2 Å². The van der Waals surface area contributed by atoms with Crippen LogP contribution in [0.5, 0.6) is 5.75 Å². The molecule has 0 saturated heterocycles. The maximum Gasteiger partial charge on any atom is 0.331 e. The second kappa shape index (κ2) is 8.06. The van der Waals surface area contributed by atoms with Gasteiger partial charge in [0.25, 0.3) is 5.56 Å². The number of hydrogen-bond donors (Lipinski definition) is 0. The van der Waals surface area contributed by atoms with Crippen LogP contribution in [0.15, 0.2) is 38.4 Å². The van der Waals surface area contributed by atoms with Crippen molar-refractivity contribution in [2.24, 2.45) is 0 Å². The van der Waals surface area contributed by atoms with E-state index in [-0.39, 0.29) is 23.6 Å². The van der Waals surface area contributed by atoms with Crippen molar-refractivity contribution in [1.82, 2.24) is 19.3 Å². The minimum Gasteiger partial charge on any atom is -0.497 e. The molecule has 0 saturated carbocycles. The molecular formula is C21H24N4O4. The topological polar surface area (TPSA) is 92.2 Å².